The topological polar surface area (TPSA) is 151 Å². The highest BCUT2D eigenvalue weighted by atomic mass is 16.9. The molecule has 1 aromatic heterocycles. The smallest absolute Gasteiger partial charge is 0.291 e. The fourth-order valence-electron chi connectivity index (χ4n) is 5.73. The molecule has 2 heterocycles. The van der Waals surface area contributed by atoms with Crippen molar-refractivity contribution < 1.29 is 20.6 Å². The molecule has 0 aliphatic carbocycles. The molecule has 1 fully saturated rings. The number of nitrogens with zero attached hydrogens (tertiary/aromatic N) is 6. The summed E-state index contributed by atoms with van der Waals surface area (Å²) in [6, 6.07) is 41.5. The Kier molecular flexibility index (Phi) is 12.4. The number of fused-ring (bicyclic) bond motifs is 1. The molecule has 46 heavy (non-hydrogen) atoms. The van der Waals surface area contributed by atoms with Crippen LogP contribution < -0.4 is 4.90 Å². The van der Waals surface area contributed by atoms with Gasteiger partial charge in [-0.25, -0.2) is 4.98 Å². The predicted molar refractivity (Wildman–Crippen MR) is 175 cm³/mol. The van der Waals surface area contributed by atoms with Gasteiger partial charge in [-0.05, 0) is 48.1 Å². The van der Waals surface area contributed by atoms with Gasteiger partial charge in [0.25, 0.3) is 10.2 Å². The Bertz CT molecular complexity index is 1620. The van der Waals surface area contributed by atoms with Crippen LogP contribution in [0.2, 0.25) is 0 Å². The van der Waals surface area contributed by atoms with Gasteiger partial charge in [-0.15, -0.1) is 20.2 Å². The molecule has 5 aromatic rings. The minimum atomic E-state index is -1.50. The third-order valence-electron chi connectivity index (χ3n) is 7.83. The number of piperidine rings is 1. The molecule has 12 heteroatoms. The molecule has 0 amide bonds. The van der Waals surface area contributed by atoms with Gasteiger partial charge in [-0.2, -0.15) is 0 Å². The molecule has 1 aliphatic rings. The maximum absolute atomic E-state index is 8.36. The standard InChI is InChI=1S/C34H36N4.2HNO3/c1-4-12-28(13-5-1)20-23-36-24-21-31(22-25-36)37(26-29-14-6-2-7-15-29)34-35-32-18-10-11-19-33(32)38(34)27-30-16-8-3-9-17-30;2*2-1(3)4/h1-19,31H,20-27H2;2*(H,2,3,4). The minimum absolute atomic E-state index is 0.453. The monoisotopic (exact) mass is 626 g/mol. The van der Waals surface area contributed by atoms with Gasteiger partial charge in [0.1, 0.15) is 0 Å². The number of hydrogen-bond donors (Lipinski definition) is 2. The van der Waals surface area contributed by atoms with E-state index in [1.54, 1.807) is 0 Å². The van der Waals surface area contributed by atoms with Crippen LogP contribution in [0, 0.1) is 20.2 Å². The molecular formula is C34H38N6O6. The first-order chi connectivity index (χ1) is 22.3. The van der Waals surface area contributed by atoms with Crippen molar-refractivity contribution in [3.05, 3.63) is 152 Å². The van der Waals surface area contributed by atoms with E-state index in [9.17, 15) is 0 Å². The third kappa shape index (κ3) is 10.3. The molecule has 0 radical (unpaired) electrons. The highest BCUT2D eigenvalue weighted by Gasteiger charge is 2.28. The first-order valence-corrected chi connectivity index (χ1v) is 15.0. The molecule has 12 nitrogen and oxygen atoms in total. The molecule has 6 rings (SSSR count). The van der Waals surface area contributed by atoms with Crippen LogP contribution in [-0.2, 0) is 19.5 Å². The van der Waals surface area contributed by atoms with Crippen LogP contribution in [0.1, 0.15) is 29.5 Å². The first-order valence-electron chi connectivity index (χ1n) is 15.0. The van der Waals surface area contributed by atoms with Crippen molar-refractivity contribution >= 4 is 17.0 Å². The number of likely N-dealkylation sites (tertiary alicyclic amines) is 1. The van der Waals surface area contributed by atoms with Crippen LogP contribution >= 0.6 is 0 Å². The second kappa shape index (κ2) is 17.1. The van der Waals surface area contributed by atoms with Gasteiger partial charge in [0.05, 0.1) is 17.6 Å². The Morgan fingerprint density at radius 3 is 1.76 bits per heavy atom. The molecule has 0 bridgehead atoms. The summed E-state index contributed by atoms with van der Waals surface area (Å²) < 4.78 is 2.43. The summed E-state index contributed by atoms with van der Waals surface area (Å²) in [4.78, 5) is 27.2. The van der Waals surface area contributed by atoms with E-state index in [2.05, 4.69) is 130 Å². The molecule has 0 spiro atoms. The lowest BCUT2D eigenvalue weighted by Gasteiger charge is -2.39. The van der Waals surface area contributed by atoms with E-state index < -0.39 is 10.2 Å². The molecule has 1 aliphatic heterocycles. The lowest BCUT2D eigenvalue weighted by Crippen LogP contribution is -2.46. The Morgan fingerprint density at radius 1 is 0.717 bits per heavy atom. The Balaban J connectivity index is 0.000000541. The van der Waals surface area contributed by atoms with Crippen LogP contribution in [0.25, 0.3) is 11.0 Å². The van der Waals surface area contributed by atoms with E-state index in [1.807, 2.05) is 0 Å². The van der Waals surface area contributed by atoms with Crippen LogP contribution in [0.15, 0.2) is 115 Å². The molecular weight excluding hydrogens is 588 g/mol. The average molecular weight is 627 g/mol. The van der Waals surface area contributed by atoms with E-state index in [4.69, 9.17) is 35.6 Å². The van der Waals surface area contributed by atoms with E-state index >= 15 is 0 Å². The lowest BCUT2D eigenvalue weighted by atomic mass is 10.0. The predicted octanol–water partition coefficient (Wildman–Crippen LogP) is 6.10. The SMILES string of the molecule is O=[N+]([O-])O.O=[N+]([O-])O.c1ccc(CCN2CCC(N(Cc3ccccc3)c3nc4ccccc4n3Cc3ccccc3)CC2)cc1. The second-order valence-electron chi connectivity index (χ2n) is 10.9. The van der Waals surface area contributed by atoms with Crippen molar-refractivity contribution in [3.8, 4) is 0 Å². The van der Waals surface area contributed by atoms with Crippen LogP contribution in [-0.4, -0.2) is 60.7 Å². The number of rotatable bonds is 9. The van der Waals surface area contributed by atoms with Gasteiger partial charge in [-0.3, -0.25) is 0 Å². The highest BCUT2D eigenvalue weighted by Crippen LogP contribution is 2.30. The number of benzene rings is 4. The quantitative estimate of drug-likeness (QED) is 0.146. The average Bonchev–Trinajstić information content (AvgIpc) is 3.42. The van der Waals surface area contributed by atoms with E-state index in [-0.39, 0.29) is 0 Å². The van der Waals surface area contributed by atoms with Gasteiger partial charge in [0.2, 0.25) is 5.95 Å². The van der Waals surface area contributed by atoms with Crippen LogP contribution in [0.3, 0.4) is 0 Å². The van der Waals surface area contributed by atoms with E-state index in [1.165, 1.54) is 22.2 Å². The maximum atomic E-state index is 8.36. The van der Waals surface area contributed by atoms with Crippen LogP contribution in [0.5, 0.6) is 0 Å². The summed E-state index contributed by atoms with van der Waals surface area (Å²) in [6.45, 7) is 5.07. The Labute approximate surface area is 267 Å². The zero-order valence-corrected chi connectivity index (χ0v) is 25.4. The van der Waals surface area contributed by atoms with Crippen molar-refractivity contribution in [2.45, 2.75) is 38.4 Å². The number of imidazole rings is 1. The molecule has 2 N–H and O–H groups in total. The number of aromatic nitrogens is 2. The summed E-state index contributed by atoms with van der Waals surface area (Å²) >= 11 is 0. The number of anilines is 1. The third-order valence-corrected chi connectivity index (χ3v) is 7.83. The summed E-state index contributed by atoms with van der Waals surface area (Å²) in [7, 11) is 0. The second-order valence-corrected chi connectivity index (χ2v) is 10.9. The first kappa shape index (κ1) is 33.4. The zero-order chi connectivity index (χ0) is 32.7. The highest BCUT2D eigenvalue weighted by molar-refractivity contribution is 5.79. The number of para-hydroxylation sites is 2. The van der Waals surface area contributed by atoms with Gasteiger partial charge in [-0.1, -0.05) is 103 Å². The molecule has 1 saturated heterocycles. The molecule has 4 aromatic carbocycles. The minimum Gasteiger partial charge on any atom is -0.335 e. The summed E-state index contributed by atoms with van der Waals surface area (Å²) in [5.74, 6) is 1.08. The van der Waals surface area contributed by atoms with Gasteiger partial charge in [0.15, 0.2) is 0 Å². The van der Waals surface area contributed by atoms with Crippen molar-refractivity contribution in [2.24, 2.45) is 0 Å². The Morgan fingerprint density at radius 2 is 1.20 bits per heavy atom. The number of hydrogen-bond acceptors (Lipinski definition) is 7. The van der Waals surface area contributed by atoms with Crippen molar-refractivity contribution in [2.75, 3.05) is 24.5 Å². The maximum Gasteiger partial charge on any atom is 0.291 e. The van der Waals surface area contributed by atoms with Gasteiger partial charge < -0.3 is 24.8 Å². The fraction of sp³-hybridized carbons (Fsp3) is 0.265. The summed E-state index contributed by atoms with van der Waals surface area (Å²) in [6.07, 6.45) is 3.42. The largest absolute Gasteiger partial charge is 0.335 e. The van der Waals surface area contributed by atoms with Crippen LogP contribution in [0.4, 0.5) is 5.95 Å². The summed E-state index contributed by atoms with van der Waals surface area (Å²) in [5.41, 5.74) is 6.32. The molecule has 0 unspecified atom stereocenters. The fourth-order valence-corrected chi connectivity index (χ4v) is 5.73. The van der Waals surface area contributed by atoms with Gasteiger partial charge in [0, 0.05) is 32.2 Å². The Hall–Kier alpha value is -5.49. The zero-order valence-electron chi connectivity index (χ0n) is 25.4. The van der Waals surface area contributed by atoms with Crippen molar-refractivity contribution in [1.82, 2.24) is 14.5 Å². The molecule has 240 valence electrons. The molecule has 0 atom stereocenters. The van der Waals surface area contributed by atoms with Crippen molar-refractivity contribution in [1.29, 1.82) is 0 Å². The molecule has 0 saturated carbocycles. The van der Waals surface area contributed by atoms with E-state index in [0.717, 1.165) is 63.5 Å². The lowest BCUT2D eigenvalue weighted by molar-refractivity contribution is -0.742. The normalized spacial score (nSPS) is 13.1. The van der Waals surface area contributed by atoms with Gasteiger partial charge >= 0.3 is 0 Å². The van der Waals surface area contributed by atoms with Crippen molar-refractivity contribution in [3.63, 3.8) is 0 Å². The summed E-state index contributed by atoms with van der Waals surface area (Å²) in [5, 5.41) is 27.3. The van der Waals surface area contributed by atoms with E-state index in [0.29, 0.717) is 6.04 Å².